The largest absolute Gasteiger partial charge is 0.492 e. The van der Waals surface area contributed by atoms with Gasteiger partial charge in [-0.15, -0.1) is 0 Å². The van der Waals surface area contributed by atoms with Gasteiger partial charge in [-0.3, -0.25) is 4.79 Å². The van der Waals surface area contributed by atoms with E-state index in [0.29, 0.717) is 13.0 Å². The lowest BCUT2D eigenvalue weighted by Crippen LogP contribution is -2.52. The Balaban J connectivity index is 1.79. The van der Waals surface area contributed by atoms with E-state index in [-0.39, 0.29) is 11.9 Å². The van der Waals surface area contributed by atoms with Crippen molar-refractivity contribution in [1.82, 2.24) is 10.2 Å². The van der Waals surface area contributed by atoms with E-state index < -0.39 is 0 Å². The Morgan fingerprint density at radius 2 is 2.32 bits per heavy atom. The summed E-state index contributed by atoms with van der Waals surface area (Å²) in [7, 11) is 0. The number of nitrogens with zero attached hydrogens (tertiary/aromatic N) is 1. The van der Waals surface area contributed by atoms with E-state index in [1.54, 1.807) is 0 Å². The van der Waals surface area contributed by atoms with E-state index >= 15 is 0 Å². The molecule has 0 unspecified atom stereocenters. The number of carbonyl (C=O) groups is 1. The van der Waals surface area contributed by atoms with Crippen molar-refractivity contribution < 1.29 is 9.53 Å². The van der Waals surface area contributed by atoms with Crippen molar-refractivity contribution >= 4 is 21.8 Å². The van der Waals surface area contributed by atoms with Crippen LogP contribution in [0.1, 0.15) is 13.3 Å². The number of nitrogens with one attached hydrogen (secondary N) is 1. The summed E-state index contributed by atoms with van der Waals surface area (Å²) < 4.78 is 6.54. The van der Waals surface area contributed by atoms with Gasteiger partial charge in [-0.05, 0) is 35.0 Å². The Morgan fingerprint density at radius 1 is 1.53 bits per heavy atom. The van der Waals surface area contributed by atoms with E-state index in [1.165, 1.54) is 0 Å². The zero-order valence-corrected chi connectivity index (χ0v) is 12.6. The summed E-state index contributed by atoms with van der Waals surface area (Å²) in [5.74, 6) is 0.949. The molecule has 1 heterocycles. The topological polar surface area (TPSA) is 41.6 Å². The van der Waals surface area contributed by atoms with E-state index in [0.717, 1.165) is 29.9 Å². The van der Waals surface area contributed by atoms with Gasteiger partial charge in [-0.1, -0.05) is 12.1 Å². The molecular formula is C14H19BrN2O2. The molecule has 2 rings (SSSR count). The third-order valence-corrected chi connectivity index (χ3v) is 3.89. The maximum atomic E-state index is 12.1. The van der Waals surface area contributed by atoms with Gasteiger partial charge >= 0.3 is 0 Å². The first-order chi connectivity index (χ1) is 9.18. The van der Waals surface area contributed by atoms with Crippen LogP contribution in [0.2, 0.25) is 0 Å². The molecule has 1 aliphatic heterocycles. The van der Waals surface area contributed by atoms with Gasteiger partial charge in [0.1, 0.15) is 5.75 Å². The van der Waals surface area contributed by atoms with Gasteiger partial charge in [0.15, 0.2) is 0 Å². The fourth-order valence-electron chi connectivity index (χ4n) is 2.17. The fourth-order valence-corrected chi connectivity index (χ4v) is 2.56. The first-order valence-electron chi connectivity index (χ1n) is 6.56. The summed E-state index contributed by atoms with van der Waals surface area (Å²) >= 11 is 3.42. The van der Waals surface area contributed by atoms with Gasteiger partial charge in [-0.2, -0.15) is 0 Å². The van der Waals surface area contributed by atoms with Crippen LogP contribution in [0.5, 0.6) is 5.75 Å². The third kappa shape index (κ3) is 3.94. The molecule has 104 valence electrons. The van der Waals surface area contributed by atoms with E-state index in [9.17, 15) is 4.79 Å². The number of ether oxygens (including phenoxy) is 1. The second-order valence-electron chi connectivity index (χ2n) is 4.67. The predicted octanol–water partition coefficient (Wildman–Crippen LogP) is 2.04. The molecule has 1 N–H and O–H groups in total. The van der Waals surface area contributed by atoms with E-state index in [2.05, 4.69) is 28.2 Å². The summed E-state index contributed by atoms with van der Waals surface area (Å²) in [5, 5.41) is 3.28. The molecule has 0 aromatic heterocycles. The van der Waals surface area contributed by atoms with Gasteiger partial charge in [0, 0.05) is 25.7 Å². The molecule has 1 fully saturated rings. The van der Waals surface area contributed by atoms with Gasteiger partial charge in [0.05, 0.1) is 17.5 Å². The van der Waals surface area contributed by atoms with Crippen molar-refractivity contribution in [1.29, 1.82) is 0 Å². The molecule has 5 heteroatoms. The van der Waals surface area contributed by atoms with Crippen LogP contribution in [0.15, 0.2) is 28.7 Å². The highest BCUT2D eigenvalue weighted by Gasteiger charge is 2.22. The van der Waals surface area contributed by atoms with Crippen LogP contribution in [-0.2, 0) is 4.79 Å². The number of para-hydroxylation sites is 1. The summed E-state index contributed by atoms with van der Waals surface area (Å²) in [5.41, 5.74) is 0. The first-order valence-corrected chi connectivity index (χ1v) is 7.35. The van der Waals surface area contributed by atoms with Gasteiger partial charge in [0.2, 0.25) is 5.91 Å². The molecule has 1 aromatic carbocycles. The average molecular weight is 327 g/mol. The molecule has 1 saturated heterocycles. The Bertz CT molecular complexity index is 439. The minimum atomic E-state index is 0.168. The summed E-state index contributed by atoms with van der Waals surface area (Å²) in [4.78, 5) is 14.0. The Labute approximate surface area is 122 Å². The summed E-state index contributed by atoms with van der Waals surface area (Å²) in [6, 6.07) is 7.94. The zero-order chi connectivity index (χ0) is 13.7. The van der Waals surface area contributed by atoms with Crippen molar-refractivity contribution in [2.75, 3.05) is 26.2 Å². The van der Waals surface area contributed by atoms with Crippen LogP contribution in [0.3, 0.4) is 0 Å². The van der Waals surface area contributed by atoms with Crippen LogP contribution in [0, 0.1) is 0 Å². The Kier molecular flexibility index (Phi) is 5.22. The average Bonchev–Trinajstić information content (AvgIpc) is 2.41. The Morgan fingerprint density at radius 3 is 3.05 bits per heavy atom. The molecule has 1 amide bonds. The van der Waals surface area contributed by atoms with Crippen LogP contribution >= 0.6 is 15.9 Å². The van der Waals surface area contributed by atoms with Crippen molar-refractivity contribution in [2.45, 2.75) is 19.4 Å². The maximum Gasteiger partial charge on any atom is 0.226 e. The van der Waals surface area contributed by atoms with Gasteiger partial charge in [0.25, 0.3) is 0 Å². The second kappa shape index (κ2) is 6.91. The summed E-state index contributed by atoms with van der Waals surface area (Å²) in [6.07, 6.45) is 0.422. The van der Waals surface area contributed by atoms with Crippen LogP contribution < -0.4 is 10.1 Å². The number of halogens is 1. The van der Waals surface area contributed by atoms with E-state index in [4.69, 9.17) is 4.74 Å². The zero-order valence-electron chi connectivity index (χ0n) is 11.1. The predicted molar refractivity (Wildman–Crippen MR) is 78.3 cm³/mol. The molecule has 0 saturated carbocycles. The van der Waals surface area contributed by atoms with E-state index in [1.807, 2.05) is 29.2 Å². The lowest BCUT2D eigenvalue weighted by molar-refractivity contribution is -0.134. The van der Waals surface area contributed by atoms with Gasteiger partial charge < -0.3 is 15.0 Å². The molecule has 1 aliphatic rings. The SMILES string of the molecule is C[C@H]1CNCCN1C(=O)CCOc1ccccc1Br. The number of hydrogen-bond acceptors (Lipinski definition) is 3. The van der Waals surface area contributed by atoms with Crippen LogP contribution in [0.4, 0.5) is 0 Å². The highest BCUT2D eigenvalue weighted by molar-refractivity contribution is 9.10. The van der Waals surface area contributed by atoms with Gasteiger partial charge in [-0.25, -0.2) is 0 Å². The fraction of sp³-hybridized carbons (Fsp3) is 0.500. The monoisotopic (exact) mass is 326 g/mol. The number of amides is 1. The number of rotatable bonds is 4. The Hall–Kier alpha value is -1.07. The lowest BCUT2D eigenvalue weighted by atomic mass is 10.2. The summed E-state index contributed by atoms with van der Waals surface area (Å²) in [6.45, 7) is 5.02. The second-order valence-corrected chi connectivity index (χ2v) is 5.52. The molecular weight excluding hydrogens is 308 g/mol. The molecule has 1 aromatic rings. The van der Waals surface area contributed by atoms with Crippen molar-refractivity contribution in [2.24, 2.45) is 0 Å². The molecule has 0 aliphatic carbocycles. The number of hydrogen-bond donors (Lipinski definition) is 1. The highest BCUT2D eigenvalue weighted by Crippen LogP contribution is 2.23. The smallest absolute Gasteiger partial charge is 0.226 e. The molecule has 19 heavy (non-hydrogen) atoms. The molecule has 0 radical (unpaired) electrons. The van der Waals surface area contributed by atoms with Crippen molar-refractivity contribution in [3.63, 3.8) is 0 Å². The molecule has 0 spiro atoms. The normalized spacial score (nSPS) is 19.3. The molecule has 4 nitrogen and oxygen atoms in total. The minimum Gasteiger partial charge on any atom is -0.492 e. The maximum absolute atomic E-state index is 12.1. The standard InChI is InChI=1S/C14H19BrN2O2/c1-11-10-16-7-8-17(11)14(18)6-9-19-13-5-3-2-4-12(13)15/h2-5,11,16H,6-10H2,1H3/t11-/m0/s1. The van der Waals surface area contributed by atoms with Crippen LogP contribution in [0.25, 0.3) is 0 Å². The quantitative estimate of drug-likeness (QED) is 0.920. The molecule has 1 atom stereocenters. The lowest BCUT2D eigenvalue weighted by Gasteiger charge is -2.34. The number of benzene rings is 1. The number of carbonyl (C=O) groups excluding carboxylic acids is 1. The van der Waals surface area contributed by atoms with Crippen molar-refractivity contribution in [3.05, 3.63) is 28.7 Å². The highest BCUT2D eigenvalue weighted by atomic mass is 79.9. The first kappa shape index (κ1) is 14.3. The molecule has 0 bridgehead atoms. The van der Waals surface area contributed by atoms with Crippen molar-refractivity contribution in [3.8, 4) is 5.75 Å². The third-order valence-electron chi connectivity index (χ3n) is 3.23. The van der Waals surface area contributed by atoms with Crippen LogP contribution in [-0.4, -0.2) is 43.1 Å². The minimum absolute atomic E-state index is 0.168. The number of piperazine rings is 1.